The first kappa shape index (κ1) is 12.1. The van der Waals surface area contributed by atoms with Gasteiger partial charge in [-0.2, -0.15) is 0 Å². The molecule has 0 aliphatic heterocycles. The van der Waals surface area contributed by atoms with E-state index in [-0.39, 0.29) is 0 Å². The van der Waals surface area contributed by atoms with Gasteiger partial charge in [-0.25, -0.2) is 0 Å². The van der Waals surface area contributed by atoms with E-state index in [0.29, 0.717) is 0 Å². The topological polar surface area (TPSA) is 3.24 Å². The van der Waals surface area contributed by atoms with Gasteiger partial charge in [0.05, 0.1) is 0 Å². The fraction of sp³-hybridized carbons (Fsp3) is 0.857. The van der Waals surface area contributed by atoms with E-state index in [4.69, 9.17) is 12.2 Å². The van der Waals surface area contributed by atoms with Crippen molar-refractivity contribution < 1.29 is 0 Å². The van der Waals surface area contributed by atoms with Crippen LogP contribution in [-0.2, 0) is 0 Å². The average molecular weight is 300 g/mol. The van der Waals surface area contributed by atoms with Crippen LogP contribution >= 0.6 is 21.1 Å². The second kappa shape index (κ2) is 7.69. The zero-order valence-corrected chi connectivity index (χ0v) is 12.1. The second-order valence-electron chi connectivity index (χ2n) is 2.37. The molecule has 4 heteroatoms. The number of rotatable bonds is 4. The van der Waals surface area contributed by atoms with Crippen molar-refractivity contribution in [2.45, 2.75) is 26.7 Å². The summed E-state index contributed by atoms with van der Waals surface area (Å²) in [5, 5.41) is 0. The van der Waals surface area contributed by atoms with E-state index < -0.39 is 0 Å². The number of hydrogen-bond donors (Lipinski definition) is 0. The summed E-state index contributed by atoms with van der Waals surface area (Å²) in [6.45, 7) is 6.64. The van der Waals surface area contributed by atoms with E-state index in [1.165, 1.54) is 34.5 Å². The quantitative estimate of drug-likeness (QED) is 0.574. The minimum atomic E-state index is 1.09. The Balaban J connectivity index is 3.76. The molecule has 0 aromatic heterocycles. The molecule has 0 rings (SSSR count). The van der Waals surface area contributed by atoms with Crippen LogP contribution in [0.3, 0.4) is 0 Å². The zero-order chi connectivity index (χ0) is 8.69. The van der Waals surface area contributed by atoms with Crippen LogP contribution in [0, 0.1) is 0 Å². The first-order valence-electron chi connectivity index (χ1n) is 3.91. The van der Waals surface area contributed by atoms with Gasteiger partial charge in [-0.15, -0.1) is 0 Å². The molecule has 0 aliphatic carbocycles. The van der Waals surface area contributed by atoms with Crippen molar-refractivity contribution in [2.75, 3.05) is 13.1 Å². The summed E-state index contributed by atoms with van der Waals surface area (Å²) in [4.78, 5) is 2.31. The second-order valence-corrected chi connectivity index (χ2v) is 5.66. The first-order valence-corrected chi connectivity index (χ1v) is 9.24. The van der Waals surface area contributed by atoms with Crippen molar-refractivity contribution in [2.24, 2.45) is 0 Å². The average Bonchev–Trinajstić information content (AvgIpc) is 2.03. The summed E-state index contributed by atoms with van der Waals surface area (Å²) in [6, 6.07) is 0. The van der Waals surface area contributed by atoms with Crippen LogP contribution < -0.4 is 0 Å². The van der Waals surface area contributed by atoms with Crippen LogP contribution in [0.1, 0.15) is 26.7 Å². The molecule has 0 aromatic carbocycles. The summed E-state index contributed by atoms with van der Waals surface area (Å²) >= 11 is 6.41. The van der Waals surface area contributed by atoms with Crippen molar-refractivity contribution in [3.05, 3.63) is 0 Å². The molecule has 0 aromatic rings. The zero-order valence-electron chi connectivity index (χ0n) is 7.17. The third-order valence-electron chi connectivity index (χ3n) is 1.35. The predicted molar refractivity (Wildman–Crippen MR) is 60.9 cm³/mol. The Bertz CT molecular complexity index is 113. The van der Waals surface area contributed by atoms with Gasteiger partial charge in [0.15, 0.2) is 0 Å². The number of nitrogens with zero attached hydrogens (tertiary/aromatic N) is 1. The molecule has 1 nitrogen and oxygen atoms in total. The van der Waals surface area contributed by atoms with Crippen molar-refractivity contribution in [1.29, 1.82) is 0 Å². The predicted octanol–water partition coefficient (Wildman–Crippen LogP) is 1.67. The third-order valence-corrected chi connectivity index (χ3v) is 5.73. The molecule has 66 valence electrons. The van der Waals surface area contributed by atoms with Crippen LogP contribution in [0.25, 0.3) is 0 Å². The van der Waals surface area contributed by atoms with Gasteiger partial charge in [0, 0.05) is 0 Å². The summed E-state index contributed by atoms with van der Waals surface area (Å²) in [5.41, 5.74) is 0. The van der Waals surface area contributed by atoms with Gasteiger partial charge in [0.25, 0.3) is 0 Å². The third kappa shape index (κ3) is 5.32. The summed E-state index contributed by atoms with van der Waals surface area (Å²) in [7, 11) is 1.80. The van der Waals surface area contributed by atoms with Gasteiger partial charge in [-0.1, -0.05) is 0 Å². The molecule has 0 bridgehead atoms. The van der Waals surface area contributed by atoms with Crippen LogP contribution in [0.5, 0.6) is 0 Å². The molecule has 0 saturated heterocycles. The molecule has 0 heterocycles. The summed E-state index contributed by atoms with van der Waals surface area (Å²) < 4.78 is 1.09. The first-order chi connectivity index (χ1) is 5.26. The van der Waals surface area contributed by atoms with Gasteiger partial charge in [0.2, 0.25) is 0 Å². The Kier molecular flexibility index (Phi) is 8.43. The van der Waals surface area contributed by atoms with Gasteiger partial charge in [0.1, 0.15) is 0 Å². The fourth-order valence-electron chi connectivity index (χ4n) is 0.909. The molecule has 0 unspecified atom stereocenters. The fourth-order valence-corrected chi connectivity index (χ4v) is 2.70. The molecule has 0 atom stereocenters. The van der Waals surface area contributed by atoms with Gasteiger partial charge >= 0.3 is 91.7 Å². The molecule has 0 radical (unpaired) electrons. The Morgan fingerprint density at radius 2 is 1.82 bits per heavy atom. The normalized spacial score (nSPS) is 9.73. The van der Waals surface area contributed by atoms with Crippen molar-refractivity contribution in [3.8, 4) is 0 Å². The Morgan fingerprint density at radius 1 is 1.36 bits per heavy atom. The van der Waals surface area contributed by atoms with Crippen LogP contribution in [0.2, 0.25) is 0 Å². The van der Waals surface area contributed by atoms with E-state index in [0.717, 1.165) is 17.4 Å². The Morgan fingerprint density at radius 3 is 2.09 bits per heavy atom. The van der Waals surface area contributed by atoms with E-state index in [9.17, 15) is 0 Å². The molecule has 11 heavy (non-hydrogen) atoms. The Hall–Kier alpha value is 1.06. The van der Waals surface area contributed by atoms with Crippen molar-refractivity contribution in [3.63, 3.8) is 0 Å². The summed E-state index contributed by atoms with van der Waals surface area (Å²) in [5.74, 6) is 0. The maximum absolute atomic E-state index is 5.23. The van der Waals surface area contributed by atoms with E-state index in [1.54, 1.807) is 8.85 Å². The van der Waals surface area contributed by atoms with Crippen LogP contribution in [0.4, 0.5) is 0 Å². The standard InChI is InChI=1S/C7H15NS2.Sb.2H/c1-3-5-8(6-4-2)7(9)10;;;/h3-6H2,1-2H3,(H,9,10);;;/q;+1;;/p-1. The number of hydrogen-bond acceptors (Lipinski definition) is 2. The summed E-state index contributed by atoms with van der Waals surface area (Å²) in [6.07, 6.45) is 2.39. The molecule has 0 fully saturated rings. The van der Waals surface area contributed by atoms with Crippen LogP contribution in [0.15, 0.2) is 0 Å². The molecule has 0 amide bonds. The maximum atomic E-state index is 5.23. The van der Waals surface area contributed by atoms with E-state index in [1.807, 2.05) is 0 Å². The van der Waals surface area contributed by atoms with Gasteiger partial charge < -0.3 is 0 Å². The van der Waals surface area contributed by atoms with Crippen molar-refractivity contribution in [1.82, 2.24) is 4.90 Å². The molecule has 0 saturated carbocycles. The monoisotopic (exact) mass is 299 g/mol. The van der Waals surface area contributed by atoms with Crippen molar-refractivity contribution >= 4 is 47.0 Å². The molecule has 0 spiro atoms. The van der Waals surface area contributed by atoms with E-state index >= 15 is 0 Å². The van der Waals surface area contributed by atoms with Crippen LogP contribution in [-0.4, -0.2) is 43.9 Å². The SMILES string of the molecule is CCCN(CCC)C(=S)[S][SbH2]. The number of thiocarbonyl (C=S) groups is 1. The van der Waals surface area contributed by atoms with Gasteiger partial charge in [-0.3, -0.25) is 0 Å². The van der Waals surface area contributed by atoms with Gasteiger partial charge in [-0.05, 0) is 0 Å². The van der Waals surface area contributed by atoms with E-state index in [2.05, 4.69) is 18.7 Å². The molecular formula is C7H16NS2Sb. The minimum absolute atomic E-state index is 1.09. The molecular weight excluding hydrogens is 284 g/mol. The Labute approximate surface area is 91.2 Å². The molecule has 0 N–H and O–H groups in total. The molecule has 0 aliphatic rings.